The minimum absolute atomic E-state index is 0.0446. The van der Waals surface area contributed by atoms with Crippen LogP contribution >= 0.6 is 0 Å². The van der Waals surface area contributed by atoms with Crippen molar-refractivity contribution in [2.75, 3.05) is 25.1 Å². The molecule has 0 atom stereocenters. The van der Waals surface area contributed by atoms with Crippen LogP contribution in [0.4, 0.5) is 19.0 Å². The summed E-state index contributed by atoms with van der Waals surface area (Å²) in [7, 11) is 1.27. The minimum Gasteiger partial charge on any atom is -0.493 e. The lowest BCUT2D eigenvalue weighted by Crippen LogP contribution is -2.34. The molecule has 0 spiro atoms. The summed E-state index contributed by atoms with van der Waals surface area (Å²) in [6.45, 7) is 1.42. The highest BCUT2D eigenvalue weighted by molar-refractivity contribution is 5.66. The minimum atomic E-state index is -4.80. The number of hydrogen-bond donors (Lipinski definition) is 0. The number of halogens is 3. The van der Waals surface area contributed by atoms with Gasteiger partial charge >= 0.3 is 6.36 Å². The number of hydrogen-bond acceptors (Lipinski definition) is 6. The Labute approximate surface area is 153 Å². The van der Waals surface area contributed by atoms with E-state index in [4.69, 9.17) is 4.74 Å². The lowest BCUT2D eigenvalue weighted by molar-refractivity contribution is -0.275. The first kappa shape index (κ1) is 18.9. The molecule has 1 aromatic heterocycles. The van der Waals surface area contributed by atoms with Gasteiger partial charge in [0.2, 0.25) is 0 Å². The molecule has 9 heteroatoms. The van der Waals surface area contributed by atoms with Crippen molar-refractivity contribution in [3.8, 4) is 22.8 Å². The first-order chi connectivity index (χ1) is 12.9. The topological polar surface area (TPSA) is 64.5 Å². The fourth-order valence-electron chi connectivity index (χ4n) is 2.98. The highest BCUT2D eigenvalue weighted by Crippen LogP contribution is 2.35. The Morgan fingerprint density at radius 3 is 2.52 bits per heavy atom. The van der Waals surface area contributed by atoms with Gasteiger partial charge in [0.15, 0.2) is 11.5 Å². The summed E-state index contributed by atoms with van der Waals surface area (Å²) < 4.78 is 46.4. The van der Waals surface area contributed by atoms with Crippen molar-refractivity contribution in [3.63, 3.8) is 0 Å². The molecule has 0 bridgehead atoms. The smallest absolute Gasteiger partial charge is 0.493 e. The van der Waals surface area contributed by atoms with E-state index in [0.29, 0.717) is 30.2 Å². The van der Waals surface area contributed by atoms with Gasteiger partial charge < -0.3 is 19.2 Å². The summed E-state index contributed by atoms with van der Waals surface area (Å²) in [4.78, 5) is 21.4. The lowest BCUT2D eigenvalue weighted by Gasteiger charge is -2.30. The van der Waals surface area contributed by atoms with Gasteiger partial charge in [-0.15, -0.1) is 13.2 Å². The van der Waals surface area contributed by atoms with Crippen LogP contribution in [0.15, 0.2) is 30.6 Å². The SMILES string of the molecule is COc1cc(-c2cc(N3CCC(C=O)CC3)ncn2)ccc1OC(F)(F)F. The highest BCUT2D eigenvalue weighted by Gasteiger charge is 2.32. The number of piperidine rings is 1. The van der Waals surface area contributed by atoms with Gasteiger partial charge in [-0.2, -0.15) is 0 Å². The average molecular weight is 381 g/mol. The second kappa shape index (κ2) is 7.81. The van der Waals surface area contributed by atoms with Gasteiger partial charge in [-0.3, -0.25) is 0 Å². The lowest BCUT2D eigenvalue weighted by atomic mass is 9.98. The normalized spacial score (nSPS) is 15.5. The molecule has 0 amide bonds. The molecule has 0 saturated carbocycles. The monoisotopic (exact) mass is 381 g/mol. The van der Waals surface area contributed by atoms with Crippen molar-refractivity contribution in [1.82, 2.24) is 9.97 Å². The number of methoxy groups -OCH3 is 1. The predicted molar refractivity (Wildman–Crippen MR) is 91.7 cm³/mol. The molecule has 144 valence electrons. The van der Waals surface area contributed by atoms with Gasteiger partial charge in [-0.05, 0) is 31.0 Å². The summed E-state index contributed by atoms with van der Waals surface area (Å²) in [5.74, 6) is 0.322. The maximum absolute atomic E-state index is 12.5. The number of ether oxygens (including phenoxy) is 2. The zero-order valence-electron chi connectivity index (χ0n) is 14.6. The van der Waals surface area contributed by atoms with Crippen LogP contribution in [0.5, 0.6) is 11.5 Å². The predicted octanol–water partition coefficient (Wildman–Crippen LogP) is 3.47. The van der Waals surface area contributed by atoms with Gasteiger partial charge in [-0.25, -0.2) is 9.97 Å². The largest absolute Gasteiger partial charge is 0.573 e. The van der Waals surface area contributed by atoms with E-state index in [1.54, 1.807) is 6.07 Å². The van der Waals surface area contributed by atoms with Gasteiger partial charge in [0.05, 0.1) is 12.8 Å². The Kier molecular flexibility index (Phi) is 5.48. The van der Waals surface area contributed by atoms with Crippen molar-refractivity contribution in [2.24, 2.45) is 5.92 Å². The number of benzene rings is 1. The molecule has 3 rings (SSSR count). The van der Waals surface area contributed by atoms with Crippen LogP contribution in [0.1, 0.15) is 12.8 Å². The molecule has 2 aromatic rings. The first-order valence-corrected chi connectivity index (χ1v) is 8.36. The highest BCUT2D eigenvalue weighted by atomic mass is 19.4. The van der Waals surface area contributed by atoms with Crippen LogP contribution in [0.3, 0.4) is 0 Å². The third kappa shape index (κ3) is 4.66. The molecule has 1 aliphatic heterocycles. The number of aromatic nitrogens is 2. The maximum Gasteiger partial charge on any atom is 0.573 e. The van der Waals surface area contributed by atoms with Crippen molar-refractivity contribution in [3.05, 3.63) is 30.6 Å². The van der Waals surface area contributed by atoms with Crippen LogP contribution in [0, 0.1) is 5.92 Å². The van der Waals surface area contributed by atoms with E-state index in [1.165, 1.54) is 31.6 Å². The van der Waals surface area contributed by atoms with E-state index in [-0.39, 0.29) is 11.7 Å². The molecule has 1 fully saturated rings. The maximum atomic E-state index is 12.5. The van der Waals surface area contributed by atoms with E-state index in [0.717, 1.165) is 19.1 Å². The van der Waals surface area contributed by atoms with Gasteiger partial charge in [-0.1, -0.05) is 0 Å². The standard InChI is InChI=1S/C18H18F3N3O3/c1-26-16-8-13(2-3-15(16)27-18(19,20)21)14-9-17(23-11-22-14)24-6-4-12(10-25)5-7-24/h2-3,8-12H,4-7H2,1H3. The number of alkyl halides is 3. The van der Waals surface area contributed by atoms with Gasteiger partial charge in [0, 0.05) is 30.6 Å². The van der Waals surface area contributed by atoms with Gasteiger partial charge in [0.1, 0.15) is 18.4 Å². The molecule has 6 nitrogen and oxygen atoms in total. The molecule has 1 aliphatic rings. The Hall–Kier alpha value is -2.84. The van der Waals surface area contributed by atoms with Crippen LogP contribution in [-0.4, -0.2) is 42.8 Å². The Bertz CT molecular complexity index is 806. The zero-order valence-corrected chi connectivity index (χ0v) is 14.6. The summed E-state index contributed by atoms with van der Waals surface area (Å²) in [5.41, 5.74) is 1.13. The fraction of sp³-hybridized carbons (Fsp3) is 0.389. The van der Waals surface area contributed by atoms with Crippen molar-refractivity contribution < 1.29 is 27.4 Å². The number of nitrogens with zero attached hydrogens (tertiary/aromatic N) is 3. The molecule has 2 heterocycles. The Morgan fingerprint density at radius 2 is 1.89 bits per heavy atom. The van der Waals surface area contributed by atoms with E-state index in [9.17, 15) is 18.0 Å². The average Bonchev–Trinajstić information content (AvgIpc) is 2.67. The quantitative estimate of drug-likeness (QED) is 0.739. The molecule has 27 heavy (non-hydrogen) atoms. The van der Waals surface area contributed by atoms with Crippen LogP contribution in [-0.2, 0) is 4.79 Å². The van der Waals surface area contributed by atoms with Crippen LogP contribution < -0.4 is 14.4 Å². The molecule has 0 unspecified atom stereocenters. The Balaban J connectivity index is 1.83. The van der Waals surface area contributed by atoms with Crippen molar-refractivity contribution >= 4 is 12.1 Å². The number of anilines is 1. The van der Waals surface area contributed by atoms with E-state index < -0.39 is 12.1 Å². The van der Waals surface area contributed by atoms with Crippen molar-refractivity contribution in [2.45, 2.75) is 19.2 Å². The third-order valence-electron chi connectivity index (χ3n) is 4.39. The third-order valence-corrected chi connectivity index (χ3v) is 4.39. The number of carbonyl (C=O) groups is 1. The summed E-state index contributed by atoms with van der Waals surface area (Å²) in [6, 6.07) is 5.87. The molecular formula is C18H18F3N3O3. The van der Waals surface area contributed by atoms with Gasteiger partial charge in [0.25, 0.3) is 0 Å². The van der Waals surface area contributed by atoms with Crippen molar-refractivity contribution in [1.29, 1.82) is 0 Å². The second-order valence-corrected chi connectivity index (χ2v) is 6.14. The summed E-state index contributed by atoms with van der Waals surface area (Å²) in [5, 5.41) is 0. The van der Waals surface area contributed by atoms with Crippen LogP contribution in [0.2, 0.25) is 0 Å². The summed E-state index contributed by atoms with van der Waals surface area (Å²) in [6.07, 6.45) is -0.881. The first-order valence-electron chi connectivity index (χ1n) is 8.36. The molecule has 0 radical (unpaired) electrons. The number of carbonyl (C=O) groups excluding carboxylic acids is 1. The summed E-state index contributed by atoms with van der Waals surface area (Å²) >= 11 is 0. The second-order valence-electron chi connectivity index (χ2n) is 6.14. The van der Waals surface area contributed by atoms with E-state index in [1.807, 2.05) is 0 Å². The number of aldehydes is 1. The zero-order chi connectivity index (χ0) is 19.4. The van der Waals surface area contributed by atoms with E-state index in [2.05, 4.69) is 19.6 Å². The molecule has 1 aromatic carbocycles. The molecular weight excluding hydrogens is 363 g/mol. The van der Waals surface area contributed by atoms with Crippen LogP contribution in [0.25, 0.3) is 11.3 Å². The molecule has 1 saturated heterocycles. The Morgan fingerprint density at radius 1 is 1.15 bits per heavy atom. The van der Waals surface area contributed by atoms with E-state index >= 15 is 0 Å². The number of rotatable bonds is 5. The fourth-order valence-corrected chi connectivity index (χ4v) is 2.98. The molecule has 0 N–H and O–H groups in total. The molecule has 0 aliphatic carbocycles.